The second-order valence-corrected chi connectivity index (χ2v) is 6.93. The van der Waals surface area contributed by atoms with Crippen LogP contribution in [0, 0.1) is 6.92 Å². The van der Waals surface area contributed by atoms with Gasteiger partial charge in [0, 0.05) is 10.2 Å². The topological polar surface area (TPSA) is 85.1 Å². The Hall–Kier alpha value is -1.44. The summed E-state index contributed by atoms with van der Waals surface area (Å²) in [6.07, 6.45) is 0. The molecule has 3 N–H and O–H groups in total. The first-order valence-corrected chi connectivity index (χ1v) is 8.13. The van der Waals surface area contributed by atoms with Gasteiger partial charge in [0.1, 0.15) is 4.90 Å². The SMILES string of the molecule is Cc1cccc(CNS(=O)(=O)c2ccc(Br)cc2N)n1. The zero-order valence-corrected chi connectivity index (χ0v) is 13.2. The van der Waals surface area contributed by atoms with Gasteiger partial charge in [-0.1, -0.05) is 22.0 Å². The molecule has 5 nitrogen and oxygen atoms in total. The van der Waals surface area contributed by atoms with E-state index >= 15 is 0 Å². The van der Waals surface area contributed by atoms with Crippen LogP contribution in [0.15, 0.2) is 45.8 Å². The number of hydrogen-bond acceptors (Lipinski definition) is 4. The van der Waals surface area contributed by atoms with Crippen molar-refractivity contribution in [2.24, 2.45) is 0 Å². The minimum atomic E-state index is -3.65. The van der Waals surface area contributed by atoms with E-state index in [1.54, 1.807) is 18.2 Å². The van der Waals surface area contributed by atoms with Gasteiger partial charge in [-0.3, -0.25) is 4.98 Å². The molecule has 0 saturated carbocycles. The van der Waals surface area contributed by atoms with Gasteiger partial charge in [0.05, 0.1) is 17.9 Å². The van der Waals surface area contributed by atoms with Crippen LogP contribution in [-0.2, 0) is 16.6 Å². The fraction of sp³-hybridized carbons (Fsp3) is 0.154. The maximum Gasteiger partial charge on any atom is 0.242 e. The Balaban J connectivity index is 2.19. The fourth-order valence-electron chi connectivity index (χ4n) is 1.71. The number of halogens is 1. The lowest BCUT2D eigenvalue weighted by Gasteiger charge is -2.09. The summed E-state index contributed by atoms with van der Waals surface area (Å²) in [6, 6.07) is 10.1. The summed E-state index contributed by atoms with van der Waals surface area (Å²) in [5.41, 5.74) is 7.43. The Morgan fingerprint density at radius 1 is 1.30 bits per heavy atom. The van der Waals surface area contributed by atoms with E-state index in [4.69, 9.17) is 5.73 Å². The molecule has 0 unspecified atom stereocenters. The minimum absolute atomic E-state index is 0.0633. The Labute approximate surface area is 126 Å². The summed E-state index contributed by atoms with van der Waals surface area (Å²) in [5, 5.41) is 0. The maximum atomic E-state index is 12.2. The number of aromatic nitrogens is 1. The first-order valence-electron chi connectivity index (χ1n) is 5.86. The van der Waals surface area contributed by atoms with Gasteiger partial charge in [0.2, 0.25) is 10.0 Å². The summed E-state index contributed by atoms with van der Waals surface area (Å²) in [4.78, 5) is 4.30. The van der Waals surface area contributed by atoms with Crippen molar-refractivity contribution in [2.45, 2.75) is 18.4 Å². The largest absolute Gasteiger partial charge is 0.398 e. The van der Waals surface area contributed by atoms with Crippen molar-refractivity contribution in [1.29, 1.82) is 0 Å². The number of pyridine rings is 1. The Bertz CT molecular complexity index is 732. The summed E-state index contributed by atoms with van der Waals surface area (Å²) in [6.45, 7) is 1.98. The van der Waals surface area contributed by atoms with Crippen LogP contribution in [0.1, 0.15) is 11.4 Å². The van der Waals surface area contributed by atoms with Crippen LogP contribution < -0.4 is 10.5 Å². The molecule has 0 aliphatic carbocycles. The molecule has 0 radical (unpaired) electrons. The second kappa shape index (κ2) is 5.90. The molecule has 1 aromatic heterocycles. The number of rotatable bonds is 4. The average molecular weight is 356 g/mol. The standard InChI is InChI=1S/C13H14BrN3O2S/c1-9-3-2-4-11(17-9)8-16-20(18,19)13-6-5-10(14)7-12(13)15/h2-7,16H,8,15H2,1H3. The van der Waals surface area contributed by atoms with Crippen molar-refractivity contribution < 1.29 is 8.42 Å². The number of nitrogens with two attached hydrogens (primary N) is 1. The van der Waals surface area contributed by atoms with E-state index in [0.717, 1.165) is 10.2 Å². The van der Waals surface area contributed by atoms with Gasteiger partial charge < -0.3 is 5.73 Å². The van der Waals surface area contributed by atoms with Crippen LogP contribution in [-0.4, -0.2) is 13.4 Å². The molecule has 20 heavy (non-hydrogen) atoms. The van der Waals surface area contributed by atoms with Gasteiger partial charge in [0.25, 0.3) is 0 Å². The van der Waals surface area contributed by atoms with Gasteiger partial charge in [-0.25, -0.2) is 13.1 Å². The summed E-state index contributed by atoms with van der Waals surface area (Å²) >= 11 is 3.24. The van der Waals surface area contributed by atoms with Crippen molar-refractivity contribution in [2.75, 3.05) is 5.73 Å². The van der Waals surface area contributed by atoms with Crippen molar-refractivity contribution >= 4 is 31.6 Å². The molecule has 0 saturated heterocycles. The molecular formula is C13H14BrN3O2S. The summed E-state index contributed by atoms with van der Waals surface area (Å²) in [5.74, 6) is 0. The highest BCUT2D eigenvalue weighted by atomic mass is 79.9. The van der Waals surface area contributed by atoms with Crippen LogP contribution in [0.3, 0.4) is 0 Å². The summed E-state index contributed by atoms with van der Waals surface area (Å²) < 4.78 is 27.6. The number of benzene rings is 1. The lowest BCUT2D eigenvalue weighted by molar-refractivity contribution is 0.580. The van der Waals surface area contributed by atoms with E-state index in [9.17, 15) is 8.42 Å². The number of sulfonamides is 1. The van der Waals surface area contributed by atoms with Gasteiger partial charge in [-0.05, 0) is 37.3 Å². The van der Waals surface area contributed by atoms with E-state index in [1.807, 2.05) is 19.1 Å². The molecule has 0 amide bonds. The zero-order valence-electron chi connectivity index (χ0n) is 10.8. The Kier molecular flexibility index (Phi) is 4.42. The van der Waals surface area contributed by atoms with E-state index < -0.39 is 10.0 Å². The number of nitrogen functional groups attached to an aromatic ring is 1. The van der Waals surface area contributed by atoms with Crippen molar-refractivity contribution in [3.05, 3.63) is 52.3 Å². The number of nitrogens with zero attached hydrogens (tertiary/aromatic N) is 1. The third-order valence-electron chi connectivity index (χ3n) is 2.65. The first-order chi connectivity index (χ1) is 9.38. The molecule has 0 aliphatic rings. The quantitative estimate of drug-likeness (QED) is 0.823. The maximum absolute atomic E-state index is 12.2. The van der Waals surface area contributed by atoms with Crippen molar-refractivity contribution in [1.82, 2.24) is 9.71 Å². The third kappa shape index (κ3) is 3.56. The molecule has 2 aromatic rings. The molecular weight excluding hydrogens is 342 g/mol. The molecule has 0 fully saturated rings. The molecule has 1 aromatic carbocycles. The molecule has 1 heterocycles. The predicted octanol–water partition coefficient (Wildman–Crippen LogP) is 2.21. The molecule has 106 valence electrons. The lowest BCUT2D eigenvalue weighted by atomic mass is 10.3. The highest BCUT2D eigenvalue weighted by Gasteiger charge is 2.17. The summed E-state index contributed by atoms with van der Waals surface area (Å²) in [7, 11) is -3.65. The van der Waals surface area contributed by atoms with Crippen molar-refractivity contribution in [3.63, 3.8) is 0 Å². The van der Waals surface area contributed by atoms with Crippen LogP contribution >= 0.6 is 15.9 Å². The number of anilines is 1. The van der Waals surface area contributed by atoms with Gasteiger partial charge >= 0.3 is 0 Å². The van der Waals surface area contributed by atoms with Crippen LogP contribution in [0.5, 0.6) is 0 Å². The van der Waals surface area contributed by atoms with E-state index in [0.29, 0.717) is 5.69 Å². The van der Waals surface area contributed by atoms with Crippen LogP contribution in [0.2, 0.25) is 0 Å². The fourth-order valence-corrected chi connectivity index (χ4v) is 3.20. The van der Waals surface area contributed by atoms with Crippen LogP contribution in [0.4, 0.5) is 5.69 Å². The third-order valence-corrected chi connectivity index (χ3v) is 4.62. The minimum Gasteiger partial charge on any atom is -0.398 e. The number of aryl methyl sites for hydroxylation is 1. The van der Waals surface area contributed by atoms with Crippen molar-refractivity contribution in [3.8, 4) is 0 Å². The second-order valence-electron chi connectivity index (χ2n) is 4.28. The highest BCUT2D eigenvalue weighted by Crippen LogP contribution is 2.22. The zero-order chi connectivity index (χ0) is 14.8. The molecule has 0 bridgehead atoms. The monoisotopic (exact) mass is 355 g/mol. The molecule has 0 aliphatic heterocycles. The van der Waals surface area contributed by atoms with Crippen LogP contribution in [0.25, 0.3) is 0 Å². The van der Waals surface area contributed by atoms with E-state index in [-0.39, 0.29) is 17.1 Å². The Morgan fingerprint density at radius 2 is 2.05 bits per heavy atom. The Morgan fingerprint density at radius 3 is 2.70 bits per heavy atom. The van der Waals surface area contributed by atoms with Gasteiger partial charge in [-0.2, -0.15) is 0 Å². The molecule has 2 rings (SSSR count). The molecule has 7 heteroatoms. The van der Waals surface area contributed by atoms with E-state index in [1.165, 1.54) is 6.07 Å². The first kappa shape index (κ1) is 15.0. The molecule has 0 spiro atoms. The van der Waals surface area contributed by atoms with Gasteiger partial charge in [-0.15, -0.1) is 0 Å². The van der Waals surface area contributed by atoms with E-state index in [2.05, 4.69) is 25.6 Å². The highest BCUT2D eigenvalue weighted by molar-refractivity contribution is 9.10. The molecule has 0 atom stereocenters. The predicted molar refractivity (Wildman–Crippen MR) is 81.6 cm³/mol. The number of hydrogen-bond donors (Lipinski definition) is 2. The number of nitrogens with one attached hydrogen (secondary N) is 1. The average Bonchev–Trinajstić information content (AvgIpc) is 2.36. The van der Waals surface area contributed by atoms with Gasteiger partial charge in [0.15, 0.2) is 0 Å². The lowest BCUT2D eigenvalue weighted by Crippen LogP contribution is -2.24. The smallest absolute Gasteiger partial charge is 0.242 e. The normalized spacial score (nSPS) is 11.5.